The van der Waals surface area contributed by atoms with Crippen molar-refractivity contribution in [1.29, 1.82) is 0 Å². The second kappa shape index (κ2) is 10.6. The Kier molecular flexibility index (Phi) is 7.84. The lowest BCUT2D eigenvalue weighted by Gasteiger charge is -2.26. The number of aromatic nitrogens is 3. The van der Waals surface area contributed by atoms with E-state index >= 15 is 0 Å². The van der Waals surface area contributed by atoms with Gasteiger partial charge in [0.25, 0.3) is 5.91 Å². The summed E-state index contributed by atoms with van der Waals surface area (Å²) >= 11 is 6.07. The van der Waals surface area contributed by atoms with Crippen LogP contribution in [0.2, 0.25) is 5.02 Å². The van der Waals surface area contributed by atoms with Gasteiger partial charge in [0.1, 0.15) is 5.69 Å². The van der Waals surface area contributed by atoms with Gasteiger partial charge in [-0.15, -0.1) is 0 Å². The van der Waals surface area contributed by atoms with Crippen molar-refractivity contribution in [3.8, 4) is 11.3 Å². The van der Waals surface area contributed by atoms with Crippen LogP contribution in [-0.4, -0.2) is 62.3 Å². The molecule has 0 spiro atoms. The summed E-state index contributed by atoms with van der Waals surface area (Å²) in [5.74, 6) is 0.144. The van der Waals surface area contributed by atoms with Crippen LogP contribution >= 0.6 is 11.6 Å². The Labute approximate surface area is 192 Å². The summed E-state index contributed by atoms with van der Waals surface area (Å²) < 4.78 is 0. The van der Waals surface area contributed by atoms with Crippen LogP contribution in [0.4, 0.5) is 5.95 Å². The maximum atomic E-state index is 13.1. The standard InChI is InChI=1S/C23H28ClN5O3/c1-4-18(12-30)27-23-26-10-14(2)21(28-23)16-9-19(25-11-16)22(32)29(3)20(13-31)15-6-5-7-17(24)8-15/h5-11,18,20,25,30-31H,4,12-13H2,1-3H3,(H,26,27,28)/t18-,20+/m0/s1. The lowest BCUT2D eigenvalue weighted by molar-refractivity contribution is 0.0653. The maximum absolute atomic E-state index is 13.1. The fraction of sp³-hybridized carbons (Fsp3) is 0.348. The predicted molar refractivity (Wildman–Crippen MR) is 125 cm³/mol. The maximum Gasteiger partial charge on any atom is 0.270 e. The molecule has 0 saturated heterocycles. The van der Waals surface area contributed by atoms with E-state index in [4.69, 9.17) is 11.6 Å². The van der Waals surface area contributed by atoms with Crippen LogP contribution in [-0.2, 0) is 0 Å². The highest BCUT2D eigenvalue weighted by molar-refractivity contribution is 6.30. The van der Waals surface area contributed by atoms with Crippen molar-refractivity contribution in [1.82, 2.24) is 19.9 Å². The van der Waals surface area contributed by atoms with Crippen LogP contribution in [0.1, 0.15) is 41.0 Å². The molecule has 0 saturated carbocycles. The van der Waals surface area contributed by atoms with E-state index in [1.807, 2.05) is 19.9 Å². The molecule has 32 heavy (non-hydrogen) atoms. The lowest BCUT2D eigenvalue weighted by atomic mass is 10.1. The number of likely N-dealkylation sites (N-methyl/N-ethyl adjacent to an activating group) is 1. The van der Waals surface area contributed by atoms with Gasteiger partial charge >= 0.3 is 0 Å². The van der Waals surface area contributed by atoms with Gasteiger partial charge in [-0.2, -0.15) is 0 Å². The average Bonchev–Trinajstić information content (AvgIpc) is 3.28. The normalized spacial score (nSPS) is 12.9. The number of anilines is 1. The molecule has 1 aromatic carbocycles. The van der Waals surface area contributed by atoms with Crippen LogP contribution in [0.25, 0.3) is 11.3 Å². The van der Waals surface area contributed by atoms with Crippen molar-refractivity contribution in [2.45, 2.75) is 32.4 Å². The summed E-state index contributed by atoms with van der Waals surface area (Å²) in [7, 11) is 1.64. The molecular weight excluding hydrogens is 430 g/mol. The molecule has 0 radical (unpaired) electrons. The summed E-state index contributed by atoms with van der Waals surface area (Å²) in [4.78, 5) is 26.5. The number of hydrogen-bond acceptors (Lipinski definition) is 6. The van der Waals surface area contributed by atoms with E-state index in [0.29, 0.717) is 22.4 Å². The quantitative estimate of drug-likeness (QED) is 0.391. The van der Waals surface area contributed by atoms with Gasteiger partial charge in [0.2, 0.25) is 5.95 Å². The van der Waals surface area contributed by atoms with Gasteiger partial charge in [-0.3, -0.25) is 4.79 Å². The zero-order chi connectivity index (χ0) is 23.3. The second-order valence-corrected chi connectivity index (χ2v) is 8.07. The Bertz CT molecular complexity index is 1070. The smallest absolute Gasteiger partial charge is 0.270 e. The van der Waals surface area contributed by atoms with E-state index in [9.17, 15) is 15.0 Å². The topological polar surface area (TPSA) is 114 Å². The van der Waals surface area contributed by atoms with Crippen LogP contribution in [0.5, 0.6) is 0 Å². The number of aromatic amines is 1. The second-order valence-electron chi connectivity index (χ2n) is 7.63. The van der Waals surface area contributed by atoms with Crippen molar-refractivity contribution >= 4 is 23.5 Å². The number of aliphatic hydroxyl groups excluding tert-OH is 2. The first-order valence-corrected chi connectivity index (χ1v) is 10.8. The van der Waals surface area contributed by atoms with E-state index in [1.54, 1.807) is 43.7 Å². The highest BCUT2D eigenvalue weighted by Gasteiger charge is 2.24. The molecule has 2 heterocycles. The van der Waals surface area contributed by atoms with Gasteiger partial charge in [-0.05, 0) is 42.7 Å². The molecule has 0 aliphatic rings. The van der Waals surface area contributed by atoms with E-state index in [1.165, 1.54) is 4.90 Å². The van der Waals surface area contributed by atoms with E-state index in [-0.39, 0.29) is 25.2 Å². The Morgan fingerprint density at radius 3 is 2.72 bits per heavy atom. The highest BCUT2D eigenvalue weighted by Crippen LogP contribution is 2.26. The Hall–Kier alpha value is -2.94. The molecule has 0 aliphatic heterocycles. The first-order valence-electron chi connectivity index (χ1n) is 10.4. The van der Waals surface area contributed by atoms with Crippen molar-refractivity contribution in [2.24, 2.45) is 0 Å². The SMILES string of the molecule is CC[C@@H](CO)Nc1ncc(C)c(-c2c[nH]c(C(=O)N(C)[C@H](CO)c3cccc(Cl)c3)c2)n1. The van der Waals surface area contributed by atoms with Gasteiger partial charge in [-0.25, -0.2) is 9.97 Å². The number of benzene rings is 1. The summed E-state index contributed by atoms with van der Waals surface area (Å²) in [6, 6.07) is 8.16. The Balaban J connectivity index is 1.84. The number of carbonyl (C=O) groups excluding carboxylic acids is 1. The van der Waals surface area contributed by atoms with Crippen LogP contribution in [0.15, 0.2) is 42.7 Å². The summed E-state index contributed by atoms with van der Waals surface area (Å²) in [6.45, 7) is 3.60. The van der Waals surface area contributed by atoms with E-state index < -0.39 is 6.04 Å². The molecule has 3 aromatic rings. The number of nitrogens with one attached hydrogen (secondary N) is 2. The minimum atomic E-state index is -0.533. The molecule has 2 aromatic heterocycles. The molecule has 1 amide bonds. The molecule has 4 N–H and O–H groups in total. The predicted octanol–water partition coefficient (Wildman–Crippen LogP) is 3.42. The van der Waals surface area contributed by atoms with Gasteiger partial charge < -0.3 is 25.4 Å². The van der Waals surface area contributed by atoms with Crippen LogP contribution < -0.4 is 5.32 Å². The molecule has 170 valence electrons. The number of nitrogens with zero attached hydrogens (tertiary/aromatic N) is 3. The number of H-pyrrole nitrogens is 1. The third-order valence-electron chi connectivity index (χ3n) is 5.40. The highest BCUT2D eigenvalue weighted by atomic mass is 35.5. The van der Waals surface area contributed by atoms with Gasteiger partial charge in [0.15, 0.2) is 0 Å². The molecule has 2 atom stereocenters. The summed E-state index contributed by atoms with van der Waals surface area (Å²) in [6.07, 6.45) is 4.16. The average molecular weight is 458 g/mol. The van der Waals surface area contributed by atoms with Gasteiger partial charge in [-0.1, -0.05) is 30.7 Å². The van der Waals surface area contributed by atoms with Crippen LogP contribution in [0, 0.1) is 6.92 Å². The molecular formula is C23H28ClN5O3. The number of carbonyl (C=O) groups is 1. The fourth-order valence-electron chi connectivity index (χ4n) is 3.41. The van der Waals surface area contributed by atoms with E-state index in [0.717, 1.165) is 23.1 Å². The minimum Gasteiger partial charge on any atom is -0.394 e. The number of aryl methyl sites for hydroxylation is 1. The van der Waals surface area contributed by atoms with Crippen molar-refractivity contribution in [3.63, 3.8) is 0 Å². The molecule has 0 aliphatic carbocycles. The van der Waals surface area contributed by atoms with E-state index in [2.05, 4.69) is 20.3 Å². The first-order chi connectivity index (χ1) is 15.4. The number of rotatable bonds is 9. The van der Waals surface area contributed by atoms with Crippen LogP contribution in [0.3, 0.4) is 0 Å². The van der Waals surface area contributed by atoms with Crippen molar-refractivity contribution < 1.29 is 15.0 Å². The zero-order valence-electron chi connectivity index (χ0n) is 18.3. The molecule has 0 unspecified atom stereocenters. The largest absolute Gasteiger partial charge is 0.394 e. The molecule has 3 rings (SSSR count). The zero-order valence-corrected chi connectivity index (χ0v) is 19.1. The first kappa shape index (κ1) is 23.7. The van der Waals surface area contributed by atoms with Gasteiger partial charge in [0, 0.05) is 30.0 Å². The summed E-state index contributed by atoms with van der Waals surface area (Å²) in [5, 5.41) is 23.0. The number of hydrogen-bond donors (Lipinski definition) is 4. The molecule has 0 bridgehead atoms. The minimum absolute atomic E-state index is 0.0170. The number of aliphatic hydroxyl groups is 2. The fourth-order valence-corrected chi connectivity index (χ4v) is 3.61. The monoisotopic (exact) mass is 457 g/mol. The molecule has 9 heteroatoms. The van der Waals surface area contributed by atoms with Crippen molar-refractivity contribution in [3.05, 3.63) is 64.6 Å². The molecule has 8 nitrogen and oxygen atoms in total. The number of amides is 1. The summed E-state index contributed by atoms with van der Waals surface area (Å²) in [5.41, 5.74) is 3.40. The van der Waals surface area contributed by atoms with Gasteiger partial charge in [0.05, 0.1) is 31.0 Å². The Morgan fingerprint density at radius 1 is 1.28 bits per heavy atom. The third kappa shape index (κ3) is 5.27. The lowest BCUT2D eigenvalue weighted by Crippen LogP contribution is -2.33. The van der Waals surface area contributed by atoms with Crippen molar-refractivity contribution in [2.75, 3.05) is 25.6 Å². The third-order valence-corrected chi connectivity index (χ3v) is 5.63. The number of halogens is 1. The Morgan fingerprint density at radius 2 is 2.06 bits per heavy atom. The molecule has 0 fully saturated rings.